The van der Waals surface area contributed by atoms with Crippen molar-refractivity contribution in [3.8, 4) is 11.8 Å². The van der Waals surface area contributed by atoms with Crippen molar-refractivity contribution in [2.24, 2.45) is 0 Å². The van der Waals surface area contributed by atoms with Crippen LogP contribution in [0.2, 0.25) is 0 Å². The third-order valence-corrected chi connectivity index (χ3v) is 4.92. The normalized spacial score (nSPS) is 11.0. The fourth-order valence-electron chi connectivity index (χ4n) is 3.64. The first-order chi connectivity index (χ1) is 13.8. The van der Waals surface area contributed by atoms with Gasteiger partial charge in [0, 0.05) is 18.0 Å². The summed E-state index contributed by atoms with van der Waals surface area (Å²) in [5, 5.41) is 10.6. The van der Waals surface area contributed by atoms with Gasteiger partial charge in [-0.1, -0.05) is 36.4 Å². The van der Waals surface area contributed by atoms with E-state index >= 15 is 0 Å². The van der Waals surface area contributed by atoms with E-state index in [1.165, 1.54) is 0 Å². The maximum absolute atomic E-state index is 13.6. The molecule has 5 aromatic rings. The Bertz CT molecular complexity index is 1390. The molecule has 0 aliphatic carbocycles. The average Bonchev–Trinajstić information content (AvgIpc) is 3.41. The highest BCUT2D eigenvalue weighted by Gasteiger charge is 2.21. The molecule has 0 atom stereocenters. The van der Waals surface area contributed by atoms with E-state index in [4.69, 9.17) is 0 Å². The standard InChI is InChI=1S/C23H14N4O/c24-14-17-13-22(27-19-7-3-1-5-16(19)9-10-20(17)27)23(28)18-6-2-4-8-21(18)26-12-11-25-15-26/h1-13,15H. The van der Waals surface area contributed by atoms with Gasteiger partial charge < -0.3 is 8.97 Å². The summed E-state index contributed by atoms with van der Waals surface area (Å²) in [6.07, 6.45) is 5.14. The van der Waals surface area contributed by atoms with E-state index in [1.807, 2.05) is 63.6 Å². The number of pyridine rings is 1. The van der Waals surface area contributed by atoms with Crippen molar-refractivity contribution in [2.45, 2.75) is 0 Å². The molecule has 5 rings (SSSR count). The molecule has 0 saturated carbocycles. The van der Waals surface area contributed by atoms with Gasteiger partial charge in [0.15, 0.2) is 0 Å². The van der Waals surface area contributed by atoms with Crippen LogP contribution in [-0.2, 0) is 0 Å². The SMILES string of the molecule is N#Cc1cc(C(=O)c2ccccc2-n2ccnc2)n2c1ccc1ccccc12. The lowest BCUT2D eigenvalue weighted by atomic mass is 10.1. The zero-order valence-electron chi connectivity index (χ0n) is 14.8. The summed E-state index contributed by atoms with van der Waals surface area (Å²) in [6.45, 7) is 0. The van der Waals surface area contributed by atoms with Crippen LogP contribution >= 0.6 is 0 Å². The van der Waals surface area contributed by atoms with Crippen molar-refractivity contribution in [2.75, 3.05) is 0 Å². The first-order valence-electron chi connectivity index (χ1n) is 8.83. The summed E-state index contributed by atoms with van der Waals surface area (Å²) >= 11 is 0. The van der Waals surface area contributed by atoms with Gasteiger partial charge in [0.2, 0.25) is 5.78 Å². The molecule has 0 unspecified atom stereocenters. The Morgan fingerprint density at radius 1 is 0.964 bits per heavy atom. The molecule has 5 heteroatoms. The predicted octanol–water partition coefficient (Wildman–Crippen LogP) is 4.38. The number of rotatable bonds is 3. The molecule has 28 heavy (non-hydrogen) atoms. The third-order valence-electron chi connectivity index (χ3n) is 4.92. The molecule has 2 aromatic carbocycles. The number of benzene rings is 2. The zero-order chi connectivity index (χ0) is 19.1. The van der Waals surface area contributed by atoms with Crippen LogP contribution in [0.4, 0.5) is 0 Å². The quantitative estimate of drug-likeness (QED) is 0.447. The molecule has 0 bridgehead atoms. The minimum absolute atomic E-state index is 0.142. The van der Waals surface area contributed by atoms with Crippen LogP contribution in [0.5, 0.6) is 0 Å². The lowest BCUT2D eigenvalue weighted by molar-refractivity contribution is 0.103. The van der Waals surface area contributed by atoms with E-state index in [0.29, 0.717) is 16.8 Å². The Labute approximate surface area is 160 Å². The molecule has 0 fully saturated rings. The summed E-state index contributed by atoms with van der Waals surface area (Å²) in [6, 6.07) is 23.0. The highest BCUT2D eigenvalue weighted by Crippen LogP contribution is 2.27. The maximum atomic E-state index is 13.6. The Morgan fingerprint density at radius 3 is 2.61 bits per heavy atom. The lowest BCUT2D eigenvalue weighted by Crippen LogP contribution is -2.09. The molecule has 0 saturated heterocycles. The Kier molecular flexibility index (Phi) is 3.56. The maximum Gasteiger partial charge on any atom is 0.211 e. The molecule has 0 N–H and O–H groups in total. The molecule has 0 spiro atoms. The van der Waals surface area contributed by atoms with Crippen molar-refractivity contribution in [1.29, 1.82) is 5.26 Å². The molecular weight excluding hydrogens is 348 g/mol. The van der Waals surface area contributed by atoms with E-state index in [-0.39, 0.29) is 5.78 Å². The van der Waals surface area contributed by atoms with Crippen molar-refractivity contribution in [1.82, 2.24) is 14.0 Å². The number of aromatic nitrogens is 3. The fourth-order valence-corrected chi connectivity index (χ4v) is 3.64. The van der Waals surface area contributed by atoms with Crippen LogP contribution in [0, 0.1) is 11.3 Å². The Balaban J connectivity index is 1.81. The van der Waals surface area contributed by atoms with Crippen LogP contribution in [-0.4, -0.2) is 19.7 Å². The zero-order valence-corrected chi connectivity index (χ0v) is 14.8. The number of hydrogen-bond donors (Lipinski definition) is 0. The second kappa shape index (κ2) is 6.22. The number of imidazole rings is 1. The first-order valence-corrected chi connectivity index (χ1v) is 8.83. The van der Waals surface area contributed by atoms with E-state index in [1.54, 1.807) is 30.9 Å². The van der Waals surface area contributed by atoms with Crippen LogP contribution in [0.1, 0.15) is 21.6 Å². The summed E-state index contributed by atoms with van der Waals surface area (Å²) in [4.78, 5) is 17.7. The Morgan fingerprint density at radius 2 is 1.79 bits per heavy atom. The van der Waals surface area contributed by atoms with Gasteiger partial charge in [0.1, 0.15) is 6.07 Å². The smallest absolute Gasteiger partial charge is 0.211 e. The highest BCUT2D eigenvalue weighted by molar-refractivity contribution is 6.12. The minimum Gasteiger partial charge on any atom is -0.306 e. The summed E-state index contributed by atoms with van der Waals surface area (Å²) in [5.41, 5.74) is 3.87. The number of nitrogens with zero attached hydrogens (tertiary/aromatic N) is 4. The van der Waals surface area contributed by atoms with Gasteiger partial charge in [0.25, 0.3) is 0 Å². The second-order valence-electron chi connectivity index (χ2n) is 6.48. The molecule has 0 amide bonds. The molecule has 0 radical (unpaired) electrons. The number of nitriles is 1. The minimum atomic E-state index is -0.142. The van der Waals surface area contributed by atoms with E-state index in [0.717, 1.165) is 22.1 Å². The third kappa shape index (κ3) is 2.32. The fraction of sp³-hybridized carbons (Fsp3) is 0. The van der Waals surface area contributed by atoms with Crippen LogP contribution in [0.15, 0.2) is 85.5 Å². The highest BCUT2D eigenvalue weighted by atomic mass is 16.1. The van der Waals surface area contributed by atoms with Crippen molar-refractivity contribution < 1.29 is 4.79 Å². The van der Waals surface area contributed by atoms with E-state index in [2.05, 4.69) is 11.1 Å². The van der Waals surface area contributed by atoms with Gasteiger partial charge in [-0.15, -0.1) is 0 Å². The van der Waals surface area contributed by atoms with Gasteiger partial charge in [-0.25, -0.2) is 4.98 Å². The van der Waals surface area contributed by atoms with Crippen molar-refractivity contribution in [3.05, 3.63) is 102 Å². The Hall–Kier alpha value is -4.17. The topological polar surface area (TPSA) is 63.1 Å². The predicted molar refractivity (Wildman–Crippen MR) is 107 cm³/mol. The van der Waals surface area contributed by atoms with E-state index in [9.17, 15) is 10.1 Å². The number of carbonyl (C=O) groups excluding carboxylic acids is 1. The molecule has 5 nitrogen and oxygen atoms in total. The second-order valence-corrected chi connectivity index (χ2v) is 6.48. The summed E-state index contributed by atoms with van der Waals surface area (Å²) in [5.74, 6) is -0.142. The largest absolute Gasteiger partial charge is 0.306 e. The molecule has 3 aromatic heterocycles. The van der Waals surface area contributed by atoms with Crippen LogP contribution in [0.25, 0.3) is 22.1 Å². The van der Waals surface area contributed by atoms with Gasteiger partial charge in [-0.2, -0.15) is 5.26 Å². The van der Waals surface area contributed by atoms with Gasteiger partial charge >= 0.3 is 0 Å². The van der Waals surface area contributed by atoms with Crippen LogP contribution < -0.4 is 0 Å². The molecule has 0 aliphatic rings. The number of fused-ring (bicyclic) bond motifs is 3. The molecular formula is C23H14N4O. The number of para-hydroxylation sites is 2. The summed E-state index contributed by atoms with van der Waals surface area (Å²) < 4.78 is 3.69. The monoisotopic (exact) mass is 362 g/mol. The van der Waals surface area contributed by atoms with E-state index < -0.39 is 0 Å². The molecule has 132 valence electrons. The lowest BCUT2D eigenvalue weighted by Gasteiger charge is -2.11. The van der Waals surface area contributed by atoms with Gasteiger partial charge in [-0.05, 0) is 35.7 Å². The average molecular weight is 362 g/mol. The first kappa shape index (κ1) is 16.0. The van der Waals surface area contributed by atoms with Crippen molar-refractivity contribution in [3.63, 3.8) is 0 Å². The summed E-state index contributed by atoms with van der Waals surface area (Å²) in [7, 11) is 0. The number of hydrogen-bond acceptors (Lipinski definition) is 3. The molecule has 3 heterocycles. The number of ketones is 1. The molecule has 0 aliphatic heterocycles. The van der Waals surface area contributed by atoms with Crippen molar-refractivity contribution >= 4 is 22.2 Å². The van der Waals surface area contributed by atoms with Gasteiger partial charge in [0.05, 0.1) is 34.3 Å². The van der Waals surface area contributed by atoms with Crippen LogP contribution in [0.3, 0.4) is 0 Å². The van der Waals surface area contributed by atoms with Gasteiger partial charge in [-0.3, -0.25) is 4.79 Å². The number of carbonyl (C=O) groups is 1.